The number of nitrogens with one attached hydrogen (secondary N) is 1. The normalized spacial score (nSPS) is 11.1. The minimum Gasteiger partial charge on any atom is -0.507 e. The van der Waals surface area contributed by atoms with E-state index in [1.807, 2.05) is 0 Å². The van der Waals surface area contributed by atoms with Crippen molar-refractivity contribution >= 4 is 22.8 Å². The van der Waals surface area contributed by atoms with Gasteiger partial charge in [-0.2, -0.15) is 5.10 Å². The average Bonchev–Trinajstić information content (AvgIpc) is 2.52. The number of hydrogen-bond acceptors (Lipinski definition) is 7. The third-order valence-electron chi connectivity index (χ3n) is 3.03. The number of rotatable bonds is 5. The molecule has 23 heavy (non-hydrogen) atoms. The summed E-state index contributed by atoms with van der Waals surface area (Å²) < 4.78 is 0. The number of nitro groups is 2. The summed E-state index contributed by atoms with van der Waals surface area (Å²) in [4.78, 5) is 20.3. The number of aromatic hydroxyl groups is 1. The first kappa shape index (κ1) is 15.9. The maximum absolute atomic E-state index is 11.0. The lowest BCUT2D eigenvalue weighted by molar-refractivity contribution is -0.393. The number of benzene rings is 2. The SMILES string of the molecule is CC(=NNc1ccc([N+](=O)[O-])cc1[N+](=O)[O-])c1ccccc1O. The molecule has 0 saturated heterocycles. The highest BCUT2D eigenvalue weighted by Gasteiger charge is 2.19. The average molecular weight is 316 g/mol. The summed E-state index contributed by atoms with van der Waals surface area (Å²) in [6.45, 7) is 1.61. The van der Waals surface area contributed by atoms with Gasteiger partial charge in [-0.25, -0.2) is 0 Å². The number of phenolic OH excluding ortho intramolecular Hbond substituents is 1. The zero-order valence-corrected chi connectivity index (χ0v) is 12.0. The first-order valence-corrected chi connectivity index (χ1v) is 6.41. The molecule has 0 heterocycles. The van der Waals surface area contributed by atoms with Crippen molar-refractivity contribution < 1.29 is 15.0 Å². The lowest BCUT2D eigenvalue weighted by atomic mass is 10.1. The van der Waals surface area contributed by atoms with E-state index in [4.69, 9.17) is 0 Å². The maximum atomic E-state index is 11.0. The van der Waals surface area contributed by atoms with Crippen molar-refractivity contribution in [1.82, 2.24) is 0 Å². The van der Waals surface area contributed by atoms with Crippen molar-refractivity contribution in [2.75, 3.05) is 5.43 Å². The van der Waals surface area contributed by atoms with Crippen LogP contribution in [-0.2, 0) is 0 Å². The van der Waals surface area contributed by atoms with E-state index in [1.54, 1.807) is 25.1 Å². The molecule has 0 radical (unpaired) electrons. The molecule has 118 valence electrons. The maximum Gasteiger partial charge on any atom is 0.301 e. The van der Waals surface area contributed by atoms with Gasteiger partial charge in [0.2, 0.25) is 0 Å². The predicted molar refractivity (Wildman–Crippen MR) is 83.7 cm³/mol. The van der Waals surface area contributed by atoms with E-state index in [0.717, 1.165) is 12.1 Å². The van der Waals surface area contributed by atoms with Crippen LogP contribution in [0.5, 0.6) is 5.75 Å². The second-order valence-corrected chi connectivity index (χ2v) is 4.54. The lowest BCUT2D eigenvalue weighted by Gasteiger charge is -2.06. The molecule has 0 spiro atoms. The van der Waals surface area contributed by atoms with Gasteiger partial charge in [0.25, 0.3) is 5.69 Å². The number of nitro benzene ring substituents is 2. The Bertz CT molecular complexity index is 804. The number of hydrogen-bond donors (Lipinski definition) is 2. The van der Waals surface area contributed by atoms with Gasteiger partial charge in [0, 0.05) is 11.6 Å². The third kappa shape index (κ3) is 3.59. The second kappa shape index (κ2) is 6.52. The number of anilines is 1. The molecule has 9 nitrogen and oxygen atoms in total. The monoisotopic (exact) mass is 316 g/mol. The van der Waals surface area contributed by atoms with E-state index in [-0.39, 0.29) is 17.1 Å². The molecule has 0 fully saturated rings. The van der Waals surface area contributed by atoms with Crippen molar-refractivity contribution in [3.8, 4) is 5.75 Å². The van der Waals surface area contributed by atoms with Crippen molar-refractivity contribution in [2.24, 2.45) is 5.10 Å². The van der Waals surface area contributed by atoms with Crippen LogP contribution in [0.1, 0.15) is 12.5 Å². The van der Waals surface area contributed by atoms with Gasteiger partial charge in [-0.05, 0) is 25.1 Å². The van der Waals surface area contributed by atoms with Crippen LogP contribution in [-0.4, -0.2) is 20.7 Å². The summed E-state index contributed by atoms with van der Waals surface area (Å²) in [5, 5.41) is 35.4. The zero-order chi connectivity index (χ0) is 17.0. The van der Waals surface area contributed by atoms with Gasteiger partial charge >= 0.3 is 5.69 Å². The van der Waals surface area contributed by atoms with Gasteiger partial charge in [-0.1, -0.05) is 12.1 Å². The number of phenols is 1. The van der Waals surface area contributed by atoms with Crippen LogP contribution in [0.3, 0.4) is 0 Å². The molecular weight excluding hydrogens is 304 g/mol. The van der Waals surface area contributed by atoms with Crippen molar-refractivity contribution in [3.05, 3.63) is 68.3 Å². The number of nitrogens with zero attached hydrogens (tertiary/aromatic N) is 3. The van der Waals surface area contributed by atoms with Crippen LogP contribution < -0.4 is 5.43 Å². The van der Waals surface area contributed by atoms with Crippen molar-refractivity contribution in [2.45, 2.75) is 6.92 Å². The van der Waals surface area contributed by atoms with Gasteiger partial charge < -0.3 is 5.11 Å². The van der Waals surface area contributed by atoms with Crippen LogP contribution in [0.4, 0.5) is 17.1 Å². The molecule has 0 aromatic heterocycles. The fourth-order valence-electron chi connectivity index (χ4n) is 1.86. The van der Waals surface area contributed by atoms with Crippen molar-refractivity contribution in [1.29, 1.82) is 0 Å². The Morgan fingerprint density at radius 2 is 1.83 bits per heavy atom. The van der Waals surface area contributed by atoms with Crippen molar-refractivity contribution in [3.63, 3.8) is 0 Å². The molecule has 0 bridgehead atoms. The van der Waals surface area contributed by atoms with Gasteiger partial charge in [0.05, 0.1) is 21.6 Å². The van der Waals surface area contributed by atoms with Gasteiger partial charge in [-0.3, -0.25) is 25.7 Å². The minimum absolute atomic E-state index is 0.00960. The lowest BCUT2D eigenvalue weighted by Crippen LogP contribution is -2.02. The number of hydrazone groups is 1. The molecule has 0 atom stereocenters. The van der Waals surface area contributed by atoms with E-state index >= 15 is 0 Å². The van der Waals surface area contributed by atoms with E-state index < -0.39 is 15.5 Å². The molecule has 0 unspecified atom stereocenters. The summed E-state index contributed by atoms with van der Waals surface area (Å²) in [7, 11) is 0. The molecule has 0 amide bonds. The summed E-state index contributed by atoms with van der Waals surface area (Å²) >= 11 is 0. The molecule has 0 aliphatic heterocycles. The molecule has 0 aliphatic rings. The predicted octanol–water partition coefficient (Wildman–Crippen LogP) is 3.04. The molecule has 2 N–H and O–H groups in total. The Kier molecular flexibility index (Phi) is 4.50. The minimum atomic E-state index is -0.736. The topological polar surface area (TPSA) is 131 Å². The largest absolute Gasteiger partial charge is 0.507 e. The third-order valence-corrected chi connectivity index (χ3v) is 3.03. The van der Waals surface area contributed by atoms with E-state index in [2.05, 4.69) is 10.5 Å². The van der Waals surface area contributed by atoms with Crippen LogP contribution in [0, 0.1) is 20.2 Å². The number of para-hydroxylation sites is 1. The van der Waals surface area contributed by atoms with Gasteiger partial charge in [0.1, 0.15) is 11.4 Å². The fraction of sp³-hybridized carbons (Fsp3) is 0.0714. The van der Waals surface area contributed by atoms with E-state index in [1.165, 1.54) is 12.1 Å². The molecule has 0 aliphatic carbocycles. The molecule has 9 heteroatoms. The van der Waals surface area contributed by atoms with Crippen LogP contribution in [0.25, 0.3) is 0 Å². The van der Waals surface area contributed by atoms with Crippen LogP contribution in [0.2, 0.25) is 0 Å². The Balaban J connectivity index is 2.33. The Labute approximate surface area is 130 Å². The molecule has 2 aromatic rings. The molecule has 0 saturated carbocycles. The van der Waals surface area contributed by atoms with Crippen LogP contribution in [0.15, 0.2) is 47.6 Å². The number of non-ortho nitro benzene ring substituents is 1. The smallest absolute Gasteiger partial charge is 0.301 e. The molecule has 2 aromatic carbocycles. The quantitative estimate of drug-likeness (QED) is 0.495. The second-order valence-electron chi connectivity index (χ2n) is 4.54. The highest BCUT2D eigenvalue weighted by Crippen LogP contribution is 2.29. The highest BCUT2D eigenvalue weighted by molar-refractivity contribution is 6.01. The Morgan fingerprint density at radius 3 is 2.43 bits per heavy atom. The Hall–Kier alpha value is -3.49. The summed E-state index contributed by atoms with van der Waals surface area (Å²) in [5.74, 6) is 0.0220. The van der Waals surface area contributed by atoms with Gasteiger partial charge in [-0.15, -0.1) is 0 Å². The standard InChI is InChI=1S/C14H12N4O5/c1-9(11-4-2-3-5-14(11)19)15-16-12-7-6-10(17(20)21)8-13(12)18(22)23/h2-8,16,19H,1H3. The summed E-state index contributed by atoms with van der Waals surface area (Å²) in [6.07, 6.45) is 0. The highest BCUT2D eigenvalue weighted by atomic mass is 16.6. The summed E-state index contributed by atoms with van der Waals surface area (Å²) in [5.41, 5.74) is 2.52. The van der Waals surface area contributed by atoms with Crippen LogP contribution >= 0.6 is 0 Å². The fourth-order valence-corrected chi connectivity index (χ4v) is 1.86. The summed E-state index contributed by atoms with van der Waals surface area (Å²) in [6, 6.07) is 9.69. The molecular formula is C14H12N4O5. The first-order valence-electron chi connectivity index (χ1n) is 6.41. The first-order chi connectivity index (χ1) is 10.9. The Morgan fingerprint density at radius 1 is 1.13 bits per heavy atom. The molecule has 2 rings (SSSR count). The van der Waals surface area contributed by atoms with E-state index in [0.29, 0.717) is 11.3 Å². The van der Waals surface area contributed by atoms with E-state index in [9.17, 15) is 25.3 Å². The van der Waals surface area contributed by atoms with Gasteiger partial charge in [0.15, 0.2) is 0 Å². The zero-order valence-electron chi connectivity index (χ0n) is 12.0.